The Morgan fingerprint density at radius 3 is 2.74 bits per heavy atom. The van der Waals surface area contributed by atoms with Crippen LogP contribution in [0.3, 0.4) is 0 Å². The van der Waals surface area contributed by atoms with Crippen molar-refractivity contribution >= 4 is 28.4 Å². The van der Waals surface area contributed by atoms with Gasteiger partial charge in [-0.25, -0.2) is 4.98 Å². The number of fused-ring (bicyclic) bond motifs is 1. The van der Waals surface area contributed by atoms with Crippen molar-refractivity contribution in [2.24, 2.45) is 0 Å². The summed E-state index contributed by atoms with van der Waals surface area (Å²) in [6.45, 7) is 5.94. The Morgan fingerprint density at radius 1 is 1.11 bits per heavy atom. The summed E-state index contributed by atoms with van der Waals surface area (Å²) in [6.07, 6.45) is 4.94. The molecule has 1 saturated heterocycles. The lowest BCUT2D eigenvalue weighted by atomic mass is 10.2. The van der Waals surface area contributed by atoms with Crippen LogP contribution in [0.1, 0.15) is 15.9 Å². The Hall–Kier alpha value is -3.06. The number of piperazine rings is 1. The Balaban J connectivity index is 1.54. The molecule has 138 valence electrons. The third-order valence-electron chi connectivity index (χ3n) is 4.86. The standard InChI is InChI=1S/C20H22N6O/c1-14-3-4-18(23-19(14)26-9-7-25(2)8-10-26)24-20(27)16-11-15-5-6-21-13-17(15)22-12-16/h3-6,11-13H,7-10H2,1-2H3,(H,23,24,27). The van der Waals surface area contributed by atoms with Gasteiger partial charge in [0.2, 0.25) is 0 Å². The largest absolute Gasteiger partial charge is 0.354 e. The molecule has 0 aromatic carbocycles. The Kier molecular flexibility index (Phi) is 4.68. The zero-order valence-corrected chi connectivity index (χ0v) is 15.5. The maximum absolute atomic E-state index is 12.6. The van der Waals surface area contributed by atoms with Gasteiger partial charge in [-0.05, 0) is 37.7 Å². The summed E-state index contributed by atoms with van der Waals surface area (Å²) in [7, 11) is 2.13. The SMILES string of the molecule is Cc1ccc(NC(=O)c2cnc3cnccc3c2)nc1N1CCN(C)CC1. The third-order valence-corrected chi connectivity index (χ3v) is 4.86. The van der Waals surface area contributed by atoms with E-state index in [1.54, 1.807) is 18.6 Å². The van der Waals surface area contributed by atoms with Gasteiger partial charge in [0, 0.05) is 44.0 Å². The molecule has 0 saturated carbocycles. The van der Waals surface area contributed by atoms with Crippen molar-refractivity contribution in [1.29, 1.82) is 0 Å². The summed E-state index contributed by atoms with van der Waals surface area (Å²) >= 11 is 0. The van der Waals surface area contributed by atoms with Gasteiger partial charge in [-0.2, -0.15) is 0 Å². The lowest BCUT2D eigenvalue weighted by molar-refractivity contribution is 0.102. The number of anilines is 2. The number of nitrogens with one attached hydrogen (secondary N) is 1. The van der Waals surface area contributed by atoms with Crippen molar-refractivity contribution in [3.05, 3.63) is 54.0 Å². The topological polar surface area (TPSA) is 74.2 Å². The molecule has 3 aromatic rings. The van der Waals surface area contributed by atoms with Gasteiger partial charge in [0.25, 0.3) is 5.91 Å². The first-order valence-electron chi connectivity index (χ1n) is 9.02. The van der Waals surface area contributed by atoms with Crippen molar-refractivity contribution < 1.29 is 4.79 Å². The molecule has 1 aliphatic heterocycles. The molecular weight excluding hydrogens is 340 g/mol. The number of hydrogen-bond donors (Lipinski definition) is 1. The minimum Gasteiger partial charge on any atom is -0.354 e. The molecule has 1 amide bonds. The van der Waals surface area contributed by atoms with E-state index in [1.807, 2.05) is 31.2 Å². The molecule has 4 rings (SSSR count). The number of carbonyl (C=O) groups excluding carboxylic acids is 1. The van der Waals surface area contributed by atoms with Gasteiger partial charge >= 0.3 is 0 Å². The van der Waals surface area contributed by atoms with Crippen molar-refractivity contribution in [3.8, 4) is 0 Å². The predicted octanol–water partition coefficient (Wildman–Crippen LogP) is 2.34. The fourth-order valence-corrected chi connectivity index (χ4v) is 3.21. The second-order valence-electron chi connectivity index (χ2n) is 6.87. The highest BCUT2D eigenvalue weighted by Crippen LogP contribution is 2.22. The molecule has 4 heterocycles. The van der Waals surface area contributed by atoms with E-state index in [9.17, 15) is 4.79 Å². The van der Waals surface area contributed by atoms with E-state index in [0.717, 1.165) is 48.5 Å². The summed E-state index contributed by atoms with van der Waals surface area (Å²) in [4.78, 5) is 30.3. The second-order valence-corrected chi connectivity index (χ2v) is 6.87. The molecule has 0 unspecified atom stereocenters. The fraction of sp³-hybridized carbons (Fsp3) is 0.300. The molecule has 0 radical (unpaired) electrons. The lowest BCUT2D eigenvalue weighted by Gasteiger charge is -2.34. The number of amides is 1. The van der Waals surface area contributed by atoms with Crippen LogP contribution in [0.25, 0.3) is 10.9 Å². The Labute approximate surface area is 158 Å². The van der Waals surface area contributed by atoms with Gasteiger partial charge in [-0.1, -0.05) is 6.07 Å². The number of hydrogen-bond acceptors (Lipinski definition) is 6. The third kappa shape index (κ3) is 3.73. The van der Waals surface area contributed by atoms with Crippen LogP contribution < -0.4 is 10.2 Å². The molecule has 1 N–H and O–H groups in total. The Bertz CT molecular complexity index is 981. The molecule has 3 aromatic heterocycles. The number of aryl methyl sites for hydroxylation is 1. The zero-order valence-electron chi connectivity index (χ0n) is 15.5. The van der Waals surface area contributed by atoms with Gasteiger partial charge in [-0.3, -0.25) is 14.8 Å². The second kappa shape index (κ2) is 7.28. The Morgan fingerprint density at radius 2 is 1.93 bits per heavy atom. The monoisotopic (exact) mass is 362 g/mol. The van der Waals surface area contributed by atoms with Gasteiger partial charge in [0.15, 0.2) is 0 Å². The molecule has 0 atom stereocenters. The molecular formula is C20H22N6O. The quantitative estimate of drug-likeness (QED) is 0.771. The summed E-state index contributed by atoms with van der Waals surface area (Å²) < 4.78 is 0. The average Bonchev–Trinajstić information content (AvgIpc) is 2.70. The number of pyridine rings is 3. The van der Waals surface area contributed by atoms with Crippen molar-refractivity contribution in [2.75, 3.05) is 43.4 Å². The minimum absolute atomic E-state index is 0.220. The van der Waals surface area contributed by atoms with Crippen LogP contribution in [0.5, 0.6) is 0 Å². The van der Waals surface area contributed by atoms with Crippen LogP contribution in [0.2, 0.25) is 0 Å². The highest BCUT2D eigenvalue weighted by atomic mass is 16.1. The molecule has 0 aliphatic carbocycles. The van der Waals surface area contributed by atoms with Crippen LogP contribution in [0.15, 0.2) is 42.9 Å². The smallest absolute Gasteiger partial charge is 0.258 e. The number of nitrogens with zero attached hydrogens (tertiary/aromatic N) is 5. The van der Waals surface area contributed by atoms with E-state index < -0.39 is 0 Å². The van der Waals surface area contributed by atoms with Crippen LogP contribution in [0.4, 0.5) is 11.6 Å². The van der Waals surface area contributed by atoms with E-state index in [-0.39, 0.29) is 5.91 Å². The maximum Gasteiger partial charge on any atom is 0.258 e. The van der Waals surface area contributed by atoms with Gasteiger partial charge in [0.1, 0.15) is 11.6 Å². The molecule has 1 fully saturated rings. The maximum atomic E-state index is 12.6. The first kappa shape index (κ1) is 17.4. The zero-order chi connectivity index (χ0) is 18.8. The molecule has 0 spiro atoms. The number of likely N-dealkylation sites (N-methyl/N-ethyl adjacent to an activating group) is 1. The molecule has 27 heavy (non-hydrogen) atoms. The van der Waals surface area contributed by atoms with Crippen molar-refractivity contribution in [3.63, 3.8) is 0 Å². The first-order valence-corrected chi connectivity index (χ1v) is 9.02. The highest BCUT2D eigenvalue weighted by Gasteiger charge is 2.18. The van der Waals surface area contributed by atoms with E-state index in [4.69, 9.17) is 4.98 Å². The lowest BCUT2D eigenvalue weighted by Crippen LogP contribution is -2.45. The van der Waals surface area contributed by atoms with E-state index in [1.165, 1.54) is 0 Å². The predicted molar refractivity (Wildman–Crippen MR) is 106 cm³/mol. The highest BCUT2D eigenvalue weighted by molar-refractivity contribution is 6.05. The number of aromatic nitrogens is 3. The van der Waals surface area contributed by atoms with Gasteiger partial charge in [-0.15, -0.1) is 0 Å². The van der Waals surface area contributed by atoms with Crippen LogP contribution in [-0.4, -0.2) is 59.0 Å². The number of rotatable bonds is 3. The molecule has 7 nitrogen and oxygen atoms in total. The normalized spacial score (nSPS) is 15.1. The minimum atomic E-state index is -0.220. The van der Waals surface area contributed by atoms with E-state index in [2.05, 4.69) is 32.1 Å². The van der Waals surface area contributed by atoms with Gasteiger partial charge in [0.05, 0.1) is 17.3 Å². The molecule has 0 bridgehead atoms. The van der Waals surface area contributed by atoms with E-state index >= 15 is 0 Å². The summed E-state index contributed by atoms with van der Waals surface area (Å²) in [5.74, 6) is 1.26. The van der Waals surface area contributed by atoms with Crippen LogP contribution >= 0.6 is 0 Å². The van der Waals surface area contributed by atoms with Crippen molar-refractivity contribution in [2.45, 2.75) is 6.92 Å². The molecule has 7 heteroatoms. The van der Waals surface area contributed by atoms with Crippen LogP contribution in [-0.2, 0) is 0 Å². The van der Waals surface area contributed by atoms with Crippen LogP contribution in [0, 0.1) is 6.92 Å². The fourth-order valence-electron chi connectivity index (χ4n) is 3.21. The molecule has 1 aliphatic rings. The van der Waals surface area contributed by atoms with Gasteiger partial charge < -0.3 is 15.1 Å². The number of carbonyl (C=O) groups is 1. The summed E-state index contributed by atoms with van der Waals surface area (Å²) in [5, 5.41) is 3.78. The average molecular weight is 362 g/mol. The summed E-state index contributed by atoms with van der Waals surface area (Å²) in [5.41, 5.74) is 2.37. The van der Waals surface area contributed by atoms with Crippen molar-refractivity contribution in [1.82, 2.24) is 19.9 Å². The van der Waals surface area contributed by atoms with E-state index in [0.29, 0.717) is 11.4 Å². The summed E-state index contributed by atoms with van der Waals surface area (Å²) in [6, 6.07) is 7.50. The first-order chi connectivity index (χ1) is 13.1.